The van der Waals surface area contributed by atoms with Gasteiger partial charge >= 0.3 is 0 Å². The minimum Gasteiger partial charge on any atom is -0.255 e. The minimum absolute atomic E-state index is 0.0150. The first kappa shape index (κ1) is 19.5. The third kappa shape index (κ3) is 3.71. The lowest BCUT2D eigenvalue weighted by atomic mass is 10.2. The first-order valence-corrected chi connectivity index (χ1v) is 13.0. The van der Waals surface area contributed by atoms with Crippen LogP contribution in [0.15, 0.2) is 52.9 Å². The highest BCUT2D eigenvalue weighted by Crippen LogP contribution is 2.31. The summed E-state index contributed by atoms with van der Waals surface area (Å²) < 4.78 is 52.7. The Labute approximate surface area is 168 Å². The molecule has 0 aliphatic carbocycles. The molecule has 2 aromatic heterocycles. The molecule has 1 saturated heterocycles. The topological polar surface area (TPSA) is 84.4 Å². The van der Waals surface area contributed by atoms with Crippen LogP contribution >= 0.6 is 11.3 Å². The van der Waals surface area contributed by atoms with E-state index in [-0.39, 0.29) is 22.9 Å². The van der Waals surface area contributed by atoms with E-state index in [1.165, 1.54) is 15.6 Å². The molecule has 148 valence electrons. The number of hydrogen-bond donors (Lipinski definition) is 0. The molecule has 0 radical (unpaired) electrons. The number of para-hydroxylation sites is 1. The molecule has 1 aliphatic rings. The van der Waals surface area contributed by atoms with E-state index >= 15 is 0 Å². The van der Waals surface area contributed by atoms with E-state index in [1.54, 1.807) is 18.3 Å². The predicted octanol–water partition coefficient (Wildman–Crippen LogP) is 2.98. The van der Waals surface area contributed by atoms with Crippen molar-refractivity contribution in [1.29, 1.82) is 0 Å². The smallest absolute Gasteiger partial charge is 0.245 e. The largest absolute Gasteiger partial charge is 0.255 e. The second kappa shape index (κ2) is 7.22. The maximum atomic E-state index is 13.7. The highest BCUT2D eigenvalue weighted by atomic mass is 32.2. The van der Waals surface area contributed by atoms with E-state index in [1.807, 2.05) is 36.6 Å². The quantitative estimate of drug-likeness (QED) is 0.614. The number of benzene rings is 1. The van der Waals surface area contributed by atoms with Crippen molar-refractivity contribution < 1.29 is 16.8 Å². The fourth-order valence-corrected chi connectivity index (χ4v) is 7.96. The molecule has 0 bridgehead atoms. The Kier molecular flexibility index (Phi) is 5.03. The molecular formula is C19H20N2O4S3. The number of fused-ring (bicyclic) bond motifs is 1. The van der Waals surface area contributed by atoms with Crippen LogP contribution in [0, 0.1) is 6.92 Å². The number of nitrogens with zero attached hydrogens (tertiary/aromatic N) is 2. The Morgan fingerprint density at radius 1 is 1.25 bits per heavy atom. The molecule has 0 saturated carbocycles. The molecule has 9 heteroatoms. The lowest BCUT2D eigenvalue weighted by Crippen LogP contribution is -2.40. The molecule has 6 nitrogen and oxygen atoms in total. The summed E-state index contributed by atoms with van der Waals surface area (Å²) in [5.74, 6) is -0.129. The molecule has 28 heavy (non-hydrogen) atoms. The molecule has 0 unspecified atom stereocenters. The Hall–Kier alpha value is -1.81. The normalized spacial score (nSPS) is 19.4. The molecule has 4 rings (SSSR count). The van der Waals surface area contributed by atoms with Gasteiger partial charge in [-0.15, -0.1) is 11.3 Å². The molecule has 3 heterocycles. The van der Waals surface area contributed by atoms with Crippen LogP contribution in [0.3, 0.4) is 0 Å². The van der Waals surface area contributed by atoms with Crippen LogP contribution in [0.25, 0.3) is 10.9 Å². The predicted molar refractivity (Wildman–Crippen MR) is 111 cm³/mol. The van der Waals surface area contributed by atoms with Crippen molar-refractivity contribution in [2.45, 2.75) is 30.8 Å². The zero-order valence-corrected chi connectivity index (χ0v) is 17.7. The van der Waals surface area contributed by atoms with E-state index in [4.69, 9.17) is 0 Å². The van der Waals surface area contributed by atoms with Gasteiger partial charge in [0, 0.05) is 29.0 Å². The Balaban J connectivity index is 1.83. The van der Waals surface area contributed by atoms with Crippen LogP contribution in [0.5, 0.6) is 0 Å². The van der Waals surface area contributed by atoms with Gasteiger partial charge in [0.25, 0.3) is 0 Å². The summed E-state index contributed by atoms with van der Waals surface area (Å²) in [5.41, 5.74) is 1.35. The molecule has 0 N–H and O–H groups in total. The third-order valence-electron chi connectivity index (χ3n) is 4.90. The fraction of sp³-hybridized carbons (Fsp3) is 0.316. The lowest BCUT2D eigenvalue weighted by Gasteiger charge is -2.27. The molecule has 1 atom stereocenters. The highest BCUT2D eigenvalue weighted by Gasteiger charge is 2.39. The molecule has 1 fully saturated rings. The van der Waals surface area contributed by atoms with Crippen molar-refractivity contribution in [1.82, 2.24) is 9.29 Å². The average Bonchev–Trinajstić information content (AvgIpc) is 3.27. The Morgan fingerprint density at radius 3 is 2.75 bits per heavy atom. The van der Waals surface area contributed by atoms with E-state index in [0.29, 0.717) is 11.9 Å². The maximum absolute atomic E-state index is 13.7. The van der Waals surface area contributed by atoms with Crippen LogP contribution in [0.4, 0.5) is 0 Å². The summed E-state index contributed by atoms with van der Waals surface area (Å²) in [5, 5.41) is 2.63. The second-order valence-corrected chi connectivity index (χ2v) is 12.1. The van der Waals surface area contributed by atoms with Crippen LogP contribution < -0.4 is 0 Å². The van der Waals surface area contributed by atoms with E-state index < -0.39 is 25.9 Å². The molecule has 0 amide bonds. The van der Waals surface area contributed by atoms with Crippen LogP contribution in [-0.2, 0) is 26.4 Å². The van der Waals surface area contributed by atoms with Gasteiger partial charge in [0.15, 0.2) is 9.84 Å². The van der Waals surface area contributed by atoms with Crippen LogP contribution in [0.1, 0.15) is 16.9 Å². The summed E-state index contributed by atoms with van der Waals surface area (Å²) >= 11 is 1.46. The van der Waals surface area contributed by atoms with Gasteiger partial charge in [0.2, 0.25) is 10.0 Å². The first-order chi connectivity index (χ1) is 13.3. The Morgan fingerprint density at radius 2 is 2.07 bits per heavy atom. The number of aryl methyl sites for hydroxylation is 1. The van der Waals surface area contributed by atoms with Gasteiger partial charge in [-0.05, 0) is 42.5 Å². The lowest BCUT2D eigenvalue weighted by molar-refractivity contribution is 0.337. The van der Waals surface area contributed by atoms with Crippen molar-refractivity contribution in [2.75, 3.05) is 11.5 Å². The van der Waals surface area contributed by atoms with Gasteiger partial charge in [0.05, 0.1) is 17.0 Å². The molecular weight excluding hydrogens is 416 g/mol. The van der Waals surface area contributed by atoms with E-state index in [9.17, 15) is 16.8 Å². The average molecular weight is 437 g/mol. The number of sulfone groups is 1. The highest BCUT2D eigenvalue weighted by molar-refractivity contribution is 7.92. The molecule has 1 aliphatic heterocycles. The summed E-state index contributed by atoms with van der Waals surface area (Å²) in [6.07, 6.45) is 1.95. The van der Waals surface area contributed by atoms with Gasteiger partial charge in [0.1, 0.15) is 4.90 Å². The number of pyridine rings is 1. The SMILES string of the molecule is Cc1cnc2c(S(=O)(=O)N(Cc3cccs3)[C@H]3CCS(=O)(=O)C3)cccc2c1. The van der Waals surface area contributed by atoms with Crippen molar-refractivity contribution in [3.05, 3.63) is 58.4 Å². The van der Waals surface area contributed by atoms with Crippen molar-refractivity contribution in [3.63, 3.8) is 0 Å². The zero-order chi connectivity index (χ0) is 19.9. The maximum Gasteiger partial charge on any atom is 0.245 e. The van der Waals surface area contributed by atoms with Crippen molar-refractivity contribution in [3.8, 4) is 0 Å². The van der Waals surface area contributed by atoms with Gasteiger partial charge < -0.3 is 0 Å². The number of thiophene rings is 1. The molecule has 3 aromatic rings. The monoisotopic (exact) mass is 436 g/mol. The summed E-state index contributed by atoms with van der Waals surface area (Å²) in [6, 6.07) is 10.1. The van der Waals surface area contributed by atoms with E-state index in [0.717, 1.165) is 15.8 Å². The van der Waals surface area contributed by atoms with Gasteiger partial charge in [-0.25, -0.2) is 16.8 Å². The number of hydrogen-bond acceptors (Lipinski definition) is 6. The van der Waals surface area contributed by atoms with Gasteiger partial charge in [-0.2, -0.15) is 4.31 Å². The number of sulfonamides is 1. The minimum atomic E-state index is -3.94. The first-order valence-electron chi connectivity index (χ1n) is 8.86. The fourth-order valence-electron chi connectivity index (χ4n) is 3.55. The van der Waals surface area contributed by atoms with Crippen LogP contribution in [0.2, 0.25) is 0 Å². The molecule has 0 spiro atoms. The van der Waals surface area contributed by atoms with Gasteiger partial charge in [-0.3, -0.25) is 4.98 Å². The van der Waals surface area contributed by atoms with Crippen LogP contribution in [-0.4, -0.2) is 43.7 Å². The number of aromatic nitrogens is 1. The van der Waals surface area contributed by atoms with E-state index in [2.05, 4.69) is 4.98 Å². The zero-order valence-electron chi connectivity index (χ0n) is 15.3. The molecule has 1 aromatic carbocycles. The summed E-state index contributed by atoms with van der Waals surface area (Å²) in [7, 11) is -7.17. The summed E-state index contributed by atoms with van der Waals surface area (Å²) in [4.78, 5) is 5.35. The number of rotatable bonds is 5. The van der Waals surface area contributed by atoms with Crippen molar-refractivity contribution >= 4 is 42.1 Å². The van der Waals surface area contributed by atoms with Crippen molar-refractivity contribution in [2.24, 2.45) is 0 Å². The third-order valence-corrected chi connectivity index (χ3v) is 9.45. The van der Waals surface area contributed by atoms with Gasteiger partial charge in [-0.1, -0.05) is 18.2 Å². The standard InChI is InChI=1S/C19H20N2O4S3/c1-14-10-15-4-2-6-18(19(15)20-11-14)28(24,25)21(12-17-5-3-8-26-17)16-7-9-27(22,23)13-16/h2-6,8,10-11,16H,7,9,12-13H2,1H3/t16-/m0/s1. The second-order valence-electron chi connectivity index (χ2n) is 7.03. The summed E-state index contributed by atoms with van der Waals surface area (Å²) in [6.45, 7) is 2.06. The Bertz CT molecular complexity index is 1220.